The first-order chi connectivity index (χ1) is 7.58. The maximum atomic E-state index is 11.7. The number of anilines is 1. The monoisotopic (exact) mass is 214 g/mol. The molecule has 0 aliphatic heterocycles. The number of aromatic amines is 1. The van der Waals surface area contributed by atoms with E-state index in [0.717, 1.165) is 11.1 Å². The van der Waals surface area contributed by atoms with Crippen LogP contribution in [0.3, 0.4) is 0 Å². The fraction of sp³-hybridized carbons (Fsp3) is 0.154. The van der Waals surface area contributed by atoms with E-state index in [-0.39, 0.29) is 5.56 Å². The van der Waals surface area contributed by atoms with E-state index in [4.69, 9.17) is 5.73 Å². The summed E-state index contributed by atoms with van der Waals surface area (Å²) in [4.78, 5) is 14.3. The first kappa shape index (κ1) is 10.5. The number of benzene rings is 1. The highest BCUT2D eigenvalue weighted by Crippen LogP contribution is 2.22. The molecule has 0 spiro atoms. The van der Waals surface area contributed by atoms with Gasteiger partial charge in [-0.2, -0.15) is 0 Å². The summed E-state index contributed by atoms with van der Waals surface area (Å²) in [5, 5.41) is 0. The zero-order chi connectivity index (χ0) is 11.7. The summed E-state index contributed by atoms with van der Waals surface area (Å²) in [5.74, 6) is 0. The van der Waals surface area contributed by atoms with Crippen LogP contribution in [0.25, 0.3) is 11.1 Å². The molecule has 0 amide bonds. The van der Waals surface area contributed by atoms with E-state index in [0.29, 0.717) is 11.3 Å². The summed E-state index contributed by atoms with van der Waals surface area (Å²) in [6.45, 7) is 4.02. The van der Waals surface area contributed by atoms with Crippen LogP contribution in [0.2, 0.25) is 0 Å². The topological polar surface area (TPSA) is 58.9 Å². The minimum Gasteiger partial charge on any atom is -0.398 e. The molecule has 3 nitrogen and oxygen atoms in total. The van der Waals surface area contributed by atoms with Crippen molar-refractivity contribution >= 4 is 5.69 Å². The van der Waals surface area contributed by atoms with Crippen molar-refractivity contribution in [3.8, 4) is 11.1 Å². The van der Waals surface area contributed by atoms with Gasteiger partial charge in [0.2, 0.25) is 0 Å². The molecule has 0 unspecified atom stereocenters. The number of hydrogen-bond acceptors (Lipinski definition) is 2. The first-order valence-electron chi connectivity index (χ1n) is 5.14. The third-order valence-electron chi connectivity index (χ3n) is 2.60. The fourth-order valence-electron chi connectivity index (χ4n) is 1.82. The molecular formula is C13H14N2O. The minimum atomic E-state index is -0.110. The molecule has 0 fully saturated rings. The zero-order valence-electron chi connectivity index (χ0n) is 9.37. The molecular weight excluding hydrogens is 200 g/mol. The third kappa shape index (κ3) is 1.84. The summed E-state index contributed by atoms with van der Waals surface area (Å²) in [5.41, 5.74) is 9.94. The molecule has 0 radical (unpaired) electrons. The van der Waals surface area contributed by atoms with Crippen molar-refractivity contribution < 1.29 is 0 Å². The van der Waals surface area contributed by atoms with Crippen LogP contribution < -0.4 is 11.3 Å². The SMILES string of the molecule is Cc1ccc(-c2cc(N)c[nH]c2=O)c(C)c1. The van der Waals surface area contributed by atoms with Gasteiger partial charge in [-0.25, -0.2) is 0 Å². The lowest BCUT2D eigenvalue weighted by molar-refractivity contribution is 1.24. The Morgan fingerprint density at radius 1 is 1.12 bits per heavy atom. The predicted octanol–water partition coefficient (Wildman–Crippen LogP) is 2.24. The van der Waals surface area contributed by atoms with Gasteiger partial charge in [0, 0.05) is 17.4 Å². The molecule has 1 aromatic heterocycles. The fourth-order valence-corrected chi connectivity index (χ4v) is 1.82. The van der Waals surface area contributed by atoms with E-state index in [2.05, 4.69) is 11.1 Å². The van der Waals surface area contributed by atoms with Gasteiger partial charge in [-0.15, -0.1) is 0 Å². The van der Waals surface area contributed by atoms with Crippen molar-refractivity contribution in [2.45, 2.75) is 13.8 Å². The van der Waals surface area contributed by atoms with E-state index >= 15 is 0 Å². The molecule has 2 aromatic rings. The van der Waals surface area contributed by atoms with Crippen molar-refractivity contribution in [2.75, 3.05) is 5.73 Å². The number of nitrogen functional groups attached to an aromatic ring is 1. The van der Waals surface area contributed by atoms with Gasteiger partial charge in [0.1, 0.15) is 0 Å². The second-order valence-electron chi connectivity index (χ2n) is 3.99. The maximum Gasteiger partial charge on any atom is 0.255 e. The molecule has 82 valence electrons. The number of aryl methyl sites for hydroxylation is 2. The molecule has 2 rings (SSSR count). The van der Waals surface area contributed by atoms with Crippen LogP contribution in [-0.2, 0) is 0 Å². The second kappa shape index (κ2) is 3.85. The highest BCUT2D eigenvalue weighted by Gasteiger charge is 2.06. The van der Waals surface area contributed by atoms with Crippen molar-refractivity contribution in [1.29, 1.82) is 0 Å². The van der Waals surface area contributed by atoms with Gasteiger partial charge < -0.3 is 10.7 Å². The van der Waals surface area contributed by atoms with Crippen molar-refractivity contribution in [2.24, 2.45) is 0 Å². The highest BCUT2D eigenvalue weighted by molar-refractivity contribution is 5.69. The standard InChI is InChI=1S/C13H14N2O/c1-8-3-4-11(9(2)5-8)12-6-10(14)7-15-13(12)16/h3-7H,14H2,1-2H3,(H,15,16). The van der Waals surface area contributed by atoms with Gasteiger partial charge in [-0.05, 0) is 31.0 Å². The molecule has 3 heteroatoms. The van der Waals surface area contributed by atoms with E-state index in [9.17, 15) is 4.79 Å². The number of H-pyrrole nitrogens is 1. The number of pyridine rings is 1. The molecule has 0 atom stereocenters. The summed E-state index contributed by atoms with van der Waals surface area (Å²) in [7, 11) is 0. The van der Waals surface area contributed by atoms with Crippen LogP contribution in [0, 0.1) is 13.8 Å². The van der Waals surface area contributed by atoms with Crippen LogP contribution >= 0.6 is 0 Å². The normalized spacial score (nSPS) is 10.4. The minimum absolute atomic E-state index is 0.110. The molecule has 1 heterocycles. The molecule has 3 N–H and O–H groups in total. The number of aromatic nitrogens is 1. The highest BCUT2D eigenvalue weighted by atomic mass is 16.1. The molecule has 0 aliphatic rings. The molecule has 0 bridgehead atoms. The lowest BCUT2D eigenvalue weighted by Gasteiger charge is -2.06. The quantitative estimate of drug-likeness (QED) is 0.764. The van der Waals surface area contributed by atoms with Gasteiger partial charge >= 0.3 is 0 Å². The molecule has 1 aromatic carbocycles. The molecule has 0 aliphatic carbocycles. The van der Waals surface area contributed by atoms with Crippen LogP contribution in [-0.4, -0.2) is 4.98 Å². The third-order valence-corrected chi connectivity index (χ3v) is 2.60. The lowest BCUT2D eigenvalue weighted by Crippen LogP contribution is -2.09. The molecule has 0 saturated heterocycles. The largest absolute Gasteiger partial charge is 0.398 e. The Balaban J connectivity index is 2.67. The molecule has 0 saturated carbocycles. The van der Waals surface area contributed by atoms with Crippen LogP contribution in [0.15, 0.2) is 35.3 Å². The van der Waals surface area contributed by atoms with Gasteiger partial charge in [0.25, 0.3) is 5.56 Å². The van der Waals surface area contributed by atoms with Crippen molar-refractivity contribution in [3.63, 3.8) is 0 Å². The van der Waals surface area contributed by atoms with Crippen LogP contribution in [0.4, 0.5) is 5.69 Å². The van der Waals surface area contributed by atoms with Crippen molar-refractivity contribution in [1.82, 2.24) is 4.98 Å². The van der Waals surface area contributed by atoms with E-state index in [1.54, 1.807) is 6.07 Å². The summed E-state index contributed by atoms with van der Waals surface area (Å²) >= 11 is 0. The number of nitrogens with one attached hydrogen (secondary N) is 1. The van der Waals surface area contributed by atoms with Crippen LogP contribution in [0.5, 0.6) is 0 Å². The van der Waals surface area contributed by atoms with E-state index in [1.165, 1.54) is 11.8 Å². The molecule has 16 heavy (non-hydrogen) atoms. The summed E-state index contributed by atoms with van der Waals surface area (Å²) in [6.07, 6.45) is 1.51. The van der Waals surface area contributed by atoms with Crippen LogP contribution in [0.1, 0.15) is 11.1 Å². The Hall–Kier alpha value is -2.03. The second-order valence-corrected chi connectivity index (χ2v) is 3.99. The van der Waals surface area contributed by atoms with Crippen molar-refractivity contribution in [3.05, 3.63) is 51.9 Å². The number of hydrogen-bond donors (Lipinski definition) is 2. The van der Waals surface area contributed by atoms with Gasteiger partial charge in [0.05, 0.1) is 0 Å². The smallest absolute Gasteiger partial charge is 0.255 e. The Bertz CT molecular complexity index is 585. The predicted molar refractivity (Wildman–Crippen MR) is 66.4 cm³/mol. The lowest BCUT2D eigenvalue weighted by atomic mass is 10.00. The maximum absolute atomic E-state index is 11.7. The first-order valence-corrected chi connectivity index (χ1v) is 5.14. The van der Waals surface area contributed by atoms with Gasteiger partial charge in [0.15, 0.2) is 0 Å². The van der Waals surface area contributed by atoms with Gasteiger partial charge in [-0.1, -0.05) is 23.8 Å². The average molecular weight is 214 g/mol. The van der Waals surface area contributed by atoms with Gasteiger partial charge in [-0.3, -0.25) is 4.79 Å². The van der Waals surface area contributed by atoms with E-state index < -0.39 is 0 Å². The Morgan fingerprint density at radius 3 is 2.56 bits per heavy atom. The number of rotatable bonds is 1. The Labute approximate surface area is 93.9 Å². The van der Waals surface area contributed by atoms with E-state index in [1.807, 2.05) is 26.0 Å². The zero-order valence-corrected chi connectivity index (χ0v) is 9.37. The Kier molecular flexibility index (Phi) is 2.52. The summed E-state index contributed by atoms with van der Waals surface area (Å²) in [6, 6.07) is 7.70. The Morgan fingerprint density at radius 2 is 1.88 bits per heavy atom. The summed E-state index contributed by atoms with van der Waals surface area (Å²) < 4.78 is 0. The average Bonchev–Trinajstić information content (AvgIpc) is 2.22. The number of nitrogens with two attached hydrogens (primary N) is 1.